The molecule has 10 heteroatoms. The largest absolute Gasteiger partial charge is 0.481 e. The van der Waals surface area contributed by atoms with Gasteiger partial charge in [-0.05, 0) is 41.9 Å². The topological polar surface area (TPSA) is 111 Å². The van der Waals surface area contributed by atoms with Crippen LogP contribution in [0, 0.1) is 29.6 Å². The van der Waals surface area contributed by atoms with Crippen molar-refractivity contribution in [3.05, 3.63) is 44.4 Å². The van der Waals surface area contributed by atoms with Crippen molar-refractivity contribution >= 4 is 46.6 Å². The van der Waals surface area contributed by atoms with Crippen molar-refractivity contribution in [2.75, 3.05) is 25.5 Å². The van der Waals surface area contributed by atoms with Gasteiger partial charge >= 0.3 is 10.8 Å². The fourth-order valence-corrected chi connectivity index (χ4v) is 9.75. The summed E-state index contributed by atoms with van der Waals surface area (Å²) in [4.78, 5) is 57.1. The SMILES string of the molecule is CN(C)c1ccc([C@@H]2c3sc(=O)[nH]c3S[C@@H]3[C@H]4C[C@@H]([C@@H]5C(=O)N(CCC(=O)O)C(=O)[C@@H]45)[C@H]23)cc1. The number of likely N-dealkylation sites (tertiary alicyclic amines) is 1. The molecule has 4 aliphatic rings. The molecule has 8 nitrogen and oxygen atoms in total. The number of thiazole rings is 1. The number of nitrogens with zero attached hydrogens (tertiary/aromatic N) is 2. The molecular weight excluding hydrogens is 474 g/mol. The van der Waals surface area contributed by atoms with E-state index >= 15 is 0 Å². The van der Waals surface area contributed by atoms with Gasteiger partial charge in [-0.25, -0.2) is 0 Å². The van der Waals surface area contributed by atoms with Crippen molar-refractivity contribution in [3.63, 3.8) is 0 Å². The molecule has 34 heavy (non-hydrogen) atoms. The van der Waals surface area contributed by atoms with Crippen molar-refractivity contribution in [1.29, 1.82) is 0 Å². The lowest BCUT2D eigenvalue weighted by molar-refractivity contribution is -0.142. The lowest BCUT2D eigenvalue weighted by atomic mass is 9.68. The average Bonchev–Trinajstić information content (AvgIpc) is 3.51. The molecule has 1 aromatic heterocycles. The number of fused-ring (bicyclic) bond motifs is 9. The summed E-state index contributed by atoms with van der Waals surface area (Å²) in [5.74, 6) is -1.94. The third-order valence-corrected chi connectivity index (χ3v) is 10.7. The highest BCUT2D eigenvalue weighted by molar-refractivity contribution is 8.00. The second-order valence-electron chi connectivity index (χ2n) is 9.92. The summed E-state index contributed by atoms with van der Waals surface area (Å²) in [6, 6.07) is 8.39. The van der Waals surface area contributed by atoms with Gasteiger partial charge < -0.3 is 15.0 Å². The number of rotatable bonds is 5. The minimum atomic E-state index is -1.01. The maximum Gasteiger partial charge on any atom is 0.305 e. The van der Waals surface area contributed by atoms with Crippen LogP contribution >= 0.6 is 23.1 Å². The van der Waals surface area contributed by atoms with Gasteiger partial charge in [-0.1, -0.05) is 23.5 Å². The Hall–Kier alpha value is -2.59. The summed E-state index contributed by atoms with van der Waals surface area (Å²) in [5, 5.41) is 10.1. The van der Waals surface area contributed by atoms with E-state index in [-0.39, 0.29) is 70.4 Å². The van der Waals surface area contributed by atoms with Crippen LogP contribution in [0.15, 0.2) is 34.1 Å². The van der Waals surface area contributed by atoms with Crippen LogP contribution in [-0.4, -0.2) is 58.7 Å². The second kappa shape index (κ2) is 7.71. The Balaban J connectivity index is 1.40. The molecule has 6 rings (SSSR count). The van der Waals surface area contributed by atoms with Crippen LogP contribution in [0.4, 0.5) is 5.69 Å². The van der Waals surface area contributed by atoms with E-state index in [1.165, 1.54) is 16.2 Å². The molecule has 0 unspecified atom stereocenters. The lowest BCUT2D eigenvalue weighted by Crippen LogP contribution is -2.42. The summed E-state index contributed by atoms with van der Waals surface area (Å²) in [7, 11) is 3.99. The summed E-state index contributed by atoms with van der Waals surface area (Å²) < 4.78 is 0. The van der Waals surface area contributed by atoms with Gasteiger partial charge in [0.15, 0.2) is 0 Å². The van der Waals surface area contributed by atoms with Crippen molar-refractivity contribution in [3.8, 4) is 0 Å². The zero-order valence-electron chi connectivity index (χ0n) is 18.8. The molecule has 1 saturated heterocycles. The molecule has 3 heterocycles. The fraction of sp³-hybridized carbons (Fsp3) is 0.500. The van der Waals surface area contributed by atoms with E-state index in [4.69, 9.17) is 5.11 Å². The highest BCUT2D eigenvalue weighted by atomic mass is 32.2. The molecule has 2 aromatic rings. The second-order valence-corrected chi connectivity index (χ2v) is 12.1. The molecule has 2 bridgehead atoms. The number of carbonyl (C=O) groups is 3. The normalized spacial score (nSPS) is 33.1. The first-order chi connectivity index (χ1) is 16.3. The van der Waals surface area contributed by atoms with Gasteiger partial charge in [-0.2, -0.15) is 0 Å². The zero-order chi connectivity index (χ0) is 23.9. The van der Waals surface area contributed by atoms with E-state index in [1.54, 1.807) is 11.8 Å². The number of carbonyl (C=O) groups excluding carboxylic acids is 2. The van der Waals surface area contributed by atoms with Crippen LogP contribution in [0.1, 0.15) is 29.2 Å². The molecule has 1 aromatic carbocycles. The molecule has 2 aliphatic heterocycles. The Kier molecular flexibility index (Phi) is 4.97. The molecule has 0 radical (unpaired) electrons. The van der Waals surface area contributed by atoms with Gasteiger partial charge in [-0.15, -0.1) is 11.8 Å². The predicted octanol–water partition coefficient (Wildman–Crippen LogP) is 2.45. The number of thioether (sulfide) groups is 1. The average molecular weight is 500 g/mol. The van der Waals surface area contributed by atoms with Crippen molar-refractivity contribution in [1.82, 2.24) is 9.88 Å². The molecule has 2 N–H and O–H groups in total. The number of aromatic amines is 1. The number of H-pyrrole nitrogens is 1. The third kappa shape index (κ3) is 3.04. The van der Waals surface area contributed by atoms with E-state index in [2.05, 4.69) is 29.2 Å². The van der Waals surface area contributed by atoms with Crippen molar-refractivity contribution < 1.29 is 19.5 Å². The quantitative estimate of drug-likeness (QED) is 0.608. The number of benzene rings is 1. The minimum absolute atomic E-state index is 0.00617. The van der Waals surface area contributed by atoms with Gasteiger partial charge in [-0.3, -0.25) is 24.1 Å². The van der Waals surface area contributed by atoms with Crippen molar-refractivity contribution in [2.24, 2.45) is 29.6 Å². The molecule has 0 spiro atoms. The van der Waals surface area contributed by atoms with E-state index in [1.807, 2.05) is 19.0 Å². The van der Waals surface area contributed by atoms with Crippen molar-refractivity contribution in [2.45, 2.75) is 29.0 Å². The summed E-state index contributed by atoms with van der Waals surface area (Å²) in [5.41, 5.74) is 2.22. The number of amides is 2. The minimum Gasteiger partial charge on any atom is -0.481 e. The maximum absolute atomic E-state index is 13.3. The van der Waals surface area contributed by atoms with Crippen LogP contribution < -0.4 is 9.77 Å². The molecule has 3 fully saturated rings. The first kappa shape index (κ1) is 21.9. The predicted molar refractivity (Wildman–Crippen MR) is 128 cm³/mol. The third-order valence-electron chi connectivity index (χ3n) is 8.13. The number of carboxylic acids is 1. The van der Waals surface area contributed by atoms with Gasteiger partial charge in [0, 0.05) is 42.4 Å². The summed E-state index contributed by atoms with van der Waals surface area (Å²) >= 11 is 2.91. The standard InChI is InChI=1S/C24H25N3O5S2/c1-26(2)11-5-3-10(4-6-11)15-16-12-9-13(19(16)33-21-20(15)34-24(32)25-21)18-17(12)22(30)27(23(18)31)8-7-14(28)29/h3-6,12-13,15-19H,7-9H2,1-2H3,(H,25,32)(H,28,29)/t12-,13+,15+,16-,17+,18+,19-/m1/s1. The number of nitrogens with one attached hydrogen (secondary N) is 1. The van der Waals surface area contributed by atoms with Gasteiger partial charge in [0.2, 0.25) is 11.8 Å². The summed E-state index contributed by atoms with van der Waals surface area (Å²) in [6.45, 7) is -0.0575. The maximum atomic E-state index is 13.3. The Bertz CT molecular complexity index is 1250. The first-order valence-corrected chi connectivity index (χ1v) is 13.2. The smallest absolute Gasteiger partial charge is 0.305 e. The molecule has 7 atom stereocenters. The monoisotopic (exact) mass is 499 g/mol. The van der Waals surface area contributed by atoms with Crippen LogP contribution in [-0.2, 0) is 14.4 Å². The highest BCUT2D eigenvalue weighted by Crippen LogP contribution is 2.68. The number of hydrogen-bond acceptors (Lipinski definition) is 7. The Morgan fingerprint density at radius 1 is 1.12 bits per heavy atom. The van der Waals surface area contributed by atoms with E-state index in [0.29, 0.717) is 0 Å². The Morgan fingerprint density at radius 3 is 2.44 bits per heavy atom. The lowest BCUT2D eigenvalue weighted by Gasteiger charge is -2.43. The molecular formula is C24H25N3O5S2. The van der Waals surface area contributed by atoms with Crippen LogP contribution in [0.2, 0.25) is 0 Å². The number of anilines is 1. The molecule has 2 aliphatic carbocycles. The number of carboxylic acid groups (broad SMARTS) is 1. The summed E-state index contributed by atoms with van der Waals surface area (Å²) in [6.07, 6.45) is 0.598. The van der Waals surface area contributed by atoms with Gasteiger partial charge in [0.25, 0.3) is 0 Å². The highest BCUT2D eigenvalue weighted by Gasteiger charge is 2.69. The number of aromatic nitrogens is 1. The van der Waals surface area contributed by atoms with Gasteiger partial charge in [0.05, 0.1) is 23.3 Å². The number of imide groups is 1. The fourth-order valence-electron chi connectivity index (χ4n) is 6.86. The van der Waals surface area contributed by atoms with E-state index in [9.17, 15) is 19.2 Å². The number of aliphatic carboxylic acids is 1. The molecule has 2 amide bonds. The van der Waals surface area contributed by atoms with Gasteiger partial charge in [0.1, 0.15) is 0 Å². The first-order valence-electron chi connectivity index (χ1n) is 11.5. The Labute approximate surface area is 204 Å². The van der Waals surface area contributed by atoms with E-state index < -0.39 is 5.97 Å². The van der Waals surface area contributed by atoms with Crippen LogP contribution in [0.25, 0.3) is 0 Å². The number of hydrogen-bond donors (Lipinski definition) is 2. The zero-order valence-corrected chi connectivity index (χ0v) is 20.4. The van der Waals surface area contributed by atoms with E-state index in [0.717, 1.165) is 27.6 Å². The van der Waals surface area contributed by atoms with Crippen LogP contribution in [0.5, 0.6) is 0 Å². The van der Waals surface area contributed by atoms with Crippen LogP contribution in [0.3, 0.4) is 0 Å². The Morgan fingerprint density at radius 2 is 1.79 bits per heavy atom. The molecule has 2 saturated carbocycles. The molecule has 178 valence electrons.